The van der Waals surface area contributed by atoms with Crippen LogP contribution in [0.3, 0.4) is 0 Å². The molecule has 1 rings (SSSR count). The summed E-state index contributed by atoms with van der Waals surface area (Å²) in [6, 6.07) is 4.00. The van der Waals surface area contributed by atoms with Crippen LogP contribution in [0.1, 0.15) is 41.8 Å². The van der Waals surface area contributed by atoms with Crippen molar-refractivity contribution < 1.29 is 14.3 Å². The van der Waals surface area contributed by atoms with E-state index in [2.05, 4.69) is 0 Å². The first-order valence-electron chi connectivity index (χ1n) is 6.44. The molecule has 1 aromatic rings. The SMILES string of the molecule is CCOC(=O)CCC(Cl)c1cc(C)c(C)cc1OC. The molecule has 0 bridgehead atoms. The maximum Gasteiger partial charge on any atom is 0.305 e. The van der Waals surface area contributed by atoms with Crippen molar-refractivity contribution in [3.8, 4) is 5.75 Å². The van der Waals surface area contributed by atoms with Crippen LogP contribution in [0, 0.1) is 13.8 Å². The van der Waals surface area contributed by atoms with Gasteiger partial charge < -0.3 is 9.47 Å². The molecule has 0 aliphatic rings. The highest BCUT2D eigenvalue weighted by atomic mass is 35.5. The van der Waals surface area contributed by atoms with Crippen molar-refractivity contribution in [2.45, 2.75) is 39.0 Å². The highest BCUT2D eigenvalue weighted by Crippen LogP contribution is 2.35. The molecule has 106 valence electrons. The van der Waals surface area contributed by atoms with E-state index in [1.54, 1.807) is 14.0 Å². The zero-order valence-electron chi connectivity index (χ0n) is 12.0. The third-order valence-corrected chi connectivity index (χ3v) is 3.54. The van der Waals surface area contributed by atoms with Crippen molar-refractivity contribution in [3.05, 3.63) is 28.8 Å². The fourth-order valence-corrected chi connectivity index (χ4v) is 2.15. The molecule has 0 aliphatic heterocycles. The topological polar surface area (TPSA) is 35.5 Å². The van der Waals surface area contributed by atoms with Gasteiger partial charge in [-0.25, -0.2) is 0 Å². The third kappa shape index (κ3) is 4.43. The number of aryl methyl sites for hydroxylation is 2. The van der Waals surface area contributed by atoms with Crippen LogP contribution in [0.25, 0.3) is 0 Å². The van der Waals surface area contributed by atoms with E-state index in [9.17, 15) is 4.79 Å². The van der Waals surface area contributed by atoms with Gasteiger partial charge in [-0.05, 0) is 44.4 Å². The van der Waals surface area contributed by atoms with Gasteiger partial charge in [-0.2, -0.15) is 0 Å². The van der Waals surface area contributed by atoms with E-state index in [-0.39, 0.29) is 11.3 Å². The highest BCUT2D eigenvalue weighted by Gasteiger charge is 2.16. The Morgan fingerprint density at radius 2 is 1.95 bits per heavy atom. The van der Waals surface area contributed by atoms with Crippen LogP contribution in [-0.2, 0) is 9.53 Å². The molecule has 0 amide bonds. The number of ether oxygens (including phenoxy) is 2. The Kier molecular flexibility index (Phi) is 6.16. The second-order valence-corrected chi connectivity index (χ2v) is 5.02. The summed E-state index contributed by atoms with van der Waals surface area (Å²) in [5.74, 6) is 0.558. The van der Waals surface area contributed by atoms with Crippen LogP contribution >= 0.6 is 11.6 Å². The number of rotatable bonds is 6. The molecule has 0 saturated carbocycles. The van der Waals surface area contributed by atoms with Crippen LogP contribution in [-0.4, -0.2) is 19.7 Å². The molecule has 4 heteroatoms. The molecule has 1 atom stereocenters. The Labute approximate surface area is 119 Å². The normalized spacial score (nSPS) is 12.1. The van der Waals surface area contributed by atoms with Crippen LogP contribution < -0.4 is 4.74 Å². The Bertz CT molecular complexity index is 443. The average molecular weight is 285 g/mol. The van der Waals surface area contributed by atoms with Crippen molar-refractivity contribution in [2.24, 2.45) is 0 Å². The van der Waals surface area contributed by atoms with E-state index in [1.165, 1.54) is 0 Å². The van der Waals surface area contributed by atoms with Crippen molar-refractivity contribution in [3.63, 3.8) is 0 Å². The molecule has 1 unspecified atom stereocenters. The lowest BCUT2D eigenvalue weighted by Crippen LogP contribution is -2.06. The summed E-state index contributed by atoms with van der Waals surface area (Å²) in [6.45, 7) is 6.26. The first-order chi connectivity index (χ1) is 8.99. The van der Waals surface area contributed by atoms with Gasteiger partial charge in [0, 0.05) is 12.0 Å². The third-order valence-electron chi connectivity index (χ3n) is 3.09. The number of halogens is 1. The molecule has 19 heavy (non-hydrogen) atoms. The molecular formula is C15H21ClO3. The van der Waals surface area contributed by atoms with Crippen LogP contribution in [0.5, 0.6) is 5.75 Å². The van der Waals surface area contributed by atoms with E-state index in [0.29, 0.717) is 19.4 Å². The van der Waals surface area contributed by atoms with Gasteiger partial charge in [0.1, 0.15) is 5.75 Å². The molecule has 3 nitrogen and oxygen atoms in total. The number of methoxy groups -OCH3 is 1. The number of hydrogen-bond acceptors (Lipinski definition) is 3. The van der Waals surface area contributed by atoms with Gasteiger partial charge in [-0.1, -0.05) is 6.07 Å². The zero-order chi connectivity index (χ0) is 14.4. The largest absolute Gasteiger partial charge is 0.496 e. The maximum atomic E-state index is 11.3. The maximum absolute atomic E-state index is 11.3. The van der Waals surface area contributed by atoms with Crippen molar-refractivity contribution >= 4 is 17.6 Å². The Hall–Kier alpha value is -1.22. The van der Waals surface area contributed by atoms with E-state index < -0.39 is 0 Å². The number of carbonyl (C=O) groups is 1. The van der Waals surface area contributed by atoms with Gasteiger partial charge in [0.15, 0.2) is 0 Å². The molecule has 0 aromatic heterocycles. The molecular weight excluding hydrogens is 264 g/mol. The molecule has 0 heterocycles. The molecule has 0 aliphatic carbocycles. The Morgan fingerprint density at radius 1 is 1.32 bits per heavy atom. The van der Waals surface area contributed by atoms with Crippen molar-refractivity contribution in [1.82, 2.24) is 0 Å². The highest BCUT2D eigenvalue weighted by molar-refractivity contribution is 6.21. The number of alkyl halides is 1. The molecule has 0 saturated heterocycles. The number of benzene rings is 1. The minimum absolute atomic E-state index is 0.212. The van der Waals surface area contributed by atoms with E-state index >= 15 is 0 Å². The van der Waals surface area contributed by atoms with Crippen molar-refractivity contribution in [2.75, 3.05) is 13.7 Å². The monoisotopic (exact) mass is 284 g/mol. The average Bonchev–Trinajstić information content (AvgIpc) is 2.39. The van der Waals surface area contributed by atoms with Gasteiger partial charge in [0.2, 0.25) is 0 Å². The zero-order valence-corrected chi connectivity index (χ0v) is 12.7. The fourth-order valence-electron chi connectivity index (χ4n) is 1.87. The fraction of sp³-hybridized carbons (Fsp3) is 0.533. The summed E-state index contributed by atoms with van der Waals surface area (Å²) >= 11 is 6.37. The Morgan fingerprint density at radius 3 is 2.53 bits per heavy atom. The lowest BCUT2D eigenvalue weighted by Gasteiger charge is -2.16. The van der Waals surface area contributed by atoms with Crippen LogP contribution in [0.15, 0.2) is 12.1 Å². The first kappa shape index (κ1) is 15.8. The molecule has 1 aromatic carbocycles. The predicted octanol–water partition coefficient (Wildman–Crippen LogP) is 3.94. The standard InChI is InChI=1S/C15H21ClO3/c1-5-19-15(17)7-6-13(16)12-8-10(2)11(3)9-14(12)18-4/h8-9,13H,5-7H2,1-4H3. The van der Waals surface area contributed by atoms with E-state index in [0.717, 1.165) is 22.4 Å². The molecule has 0 spiro atoms. The van der Waals surface area contributed by atoms with Gasteiger partial charge in [-0.15, -0.1) is 11.6 Å². The summed E-state index contributed by atoms with van der Waals surface area (Å²) in [4.78, 5) is 11.3. The van der Waals surface area contributed by atoms with Crippen molar-refractivity contribution in [1.29, 1.82) is 0 Å². The van der Waals surface area contributed by atoms with Crippen LogP contribution in [0.4, 0.5) is 0 Å². The van der Waals surface area contributed by atoms with Crippen LogP contribution in [0.2, 0.25) is 0 Å². The summed E-state index contributed by atoms with van der Waals surface area (Å²) in [7, 11) is 1.63. The summed E-state index contributed by atoms with van der Waals surface area (Å²) in [5, 5.41) is -0.251. The summed E-state index contributed by atoms with van der Waals surface area (Å²) in [5.41, 5.74) is 3.25. The van der Waals surface area contributed by atoms with E-state index in [4.69, 9.17) is 21.1 Å². The smallest absolute Gasteiger partial charge is 0.305 e. The number of carbonyl (C=O) groups excluding carboxylic acids is 1. The van der Waals surface area contributed by atoms with Gasteiger partial charge >= 0.3 is 5.97 Å². The second kappa shape index (κ2) is 7.39. The molecule has 0 N–H and O–H groups in total. The van der Waals surface area contributed by atoms with Gasteiger partial charge in [0.05, 0.1) is 19.1 Å². The Balaban J connectivity index is 2.78. The predicted molar refractivity (Wildman–Crippen MR) is 76.9 cm³/mol. The first-order valence-corrected chi connectivity index (χ1v) is 6.88. The lowest BCUT2D eigenvalue weighted by molar-refractivity contribution is -0.143. The van der Waals surface area contributed by atoms with Gasteiger partial charge in [-0.3, -0.25) is 4.79 Å². The van der Waals surface area contributed by atoms with E-state index in [1.807, 2.05) is 26.0 Å². The number of hydrogen-bond donors (Lipinski definition) is 0. The van der Waals surface area contributed by atoms with Gasteiger partial charge in [0.25, 0.3) is 0 Å². The minimum Gasteiger partial charge on any atom is -0.496 e. The summed E-state index contributed by atoms with van der Waals surface area (Å²) in [6.07, 6.45) is 0.858. The quantitative estimate of drug-likeness (QED) is 0.586. The molecule has 0 fully saturated rings. The molecule has 0 radical (unpaired) electrons. The summed E-state index contributed by atoms with van der Waals surface area (Å²) < 4.78 is 10.3. The lowest BCUT2D eigenvalue weighted by atomic mass is 10.0. The number of esters is 1. The second-order valence-electron chi connectivity index (χ2n) is 4.49. The minimum atomic E-state index is -0.251.